The van der Waals surface area contributed by atoms with Gasteiger partial charge in [0.15, 0.2) is 0 Å². The number of imide groups is 1. The van der Waals surface area contributed by atoms with E-state index in [1.807, 2.05) is 18.4 Å². The first-order valence-corrected chi connectivity index (χ1v) is 10.6. The van der Waals surface area contributed by atoms with E-state index in [0.717, 1.165) is 10.5 Å². The van der Waals surface area contributed by atoms with Crippen LogP contribution >= 0.6 is 23.4 Å². The number of amides is 2. The first-order valence-electron chi connectivity index (χ1n) is 8.88. The van der Waals surface area contributed by atoms with Crippen molar-refractivity contribution in [2.75, 3.05) is 25.7 Å². The van der Waals surface area contributed by atoms with Gasteiger partial charge in [-0.15, -0.1) is 0 Å². The topological polar surface area (TPSA) is 75.7 Å². The third-order valence-corrected chi connectivity index (χ3v) is 6.31. The van der Waals surface area contributed by atoms with Crippen molar-refractivity contribution in [2.45, 2.75) is 24.9 Å². The molecule has 0 aliphatic carbocycles. The van der Waals surface area contributed by atoms with E-state index >= 15 is 0 Å². The highest BCUT2D eigenvalue weighted by atomic mass is 35.5. The van der Waals surface area contributed by atoms with Crippen LogP contribution in [0, 0.1) is 11.8 Å². The maximum atomic E-state index is 13.0. The van der Waals surface area contributed by atoms with Crippen molar-refractivity contribution in [3.63, 3.8) is 0 Å². The molecule has 2 amide bonds. The van der Waals surface area contributed by atoms with Crippen molar-refractivity contribution < 1.29 is 19.1 Å². The Balaban J connectivity index is 2.10. The second-order valence-electron chi connectivity index (χ2n) is 6.85. The van der Waals surface area contributed by atoms with E-state index in [-0.39, 0.29) is 18.4 Å². The van der Waals surface area contributed by atoms with Gasteiger partial charge in [-0.2, -0.15) is 11.8 Å². The summed E-state index contributed by atoms with van der Waals surface area (Å²) in [5.41, 5.74) is -0.396. The molecule has 27 heavy (non-hydrogen) atoms. The Bertz CT molecular complexity index is 757. The van der Waals surface area contributed by atoms with Crippen molar-refractivity contribution in [3.05, 3.63) is 34.9 Å². The molecule has 0 unspecified atom stereocenters. The summed E-state index contributed by atoms with van der Waals surface area (Å²) in [4.78, 5) is 40.0. The molecule has 2 fully saturated rings. The van der Waals surface area contributed by atoms with Gasteiger partial charge in [0.05, 0.1) is 18.4 Å². The lowest BCUT2D eigenvalue weighted by Gasteiger charge is -2.32. The predicted molar refractivity (Wildman–Crippen MR) is 104 cm³/mol. The number of carbonyl (C=O) groups is 3. The van der Waals surface area contributed by atoms with E-state index in [1.54, 1.807) is 30.8 Å². The van der Waals surface area contributed by atoms with Gasteiger partial charge < -0.3 is 4.74 Å². The third-order valence-electron chi connectivity index (χ3n) is 5.44. The maximum absolute atomic E-state index is 13.0. The number of thioether (sulfide) groups is 1. The van der Waals surface area contributed by atoms with Gasteiger partial charge >= 0.3 is 5.97 Å². The van der Waals surface area contributed by atoms with Gasteiger partial charge in [0.25, 0.3) is 0 Å². The standard InChI is InChI=1S/C19H23ClN2O4S/c1-4-26-18(25)19(9-10-27-3)14-13(16(23)22(2)17(14)24)15(21-19)11-5-7-12(20)8-6-11/h5-8,13-15,21H,4,9-10H2,1-3H3/t13-,14-,15-,19-/m0/s1. The highest BCUT2D eigenvalue weighted by Crippen LogP contribution is 2.50. The van der Waals surface area contributed by atoms with E-state index in [9.17, 15) is 14.4 Å². The van der Waals surface area contributed by atoms with Gasteiger partial charge in [-0.3, -0.25) is 24.6 Å². The van der Waals surface area contributed by atoms with Crippen LogP contribution in [0.5, 0.6) is 0 Å². The van der Waals surface area contributed by atoms with Crippen LogP contribution in [0.2, 0.25) is 5.02 Å². The molecule has 2 aliphatic heterocycles. The zero-order valence-electron chi connectivity index (χ0n) is 15.5. The molecule has 2 saturated heterocycles. The molecule has 0 radical (unpaired) electrons. The van der Waals surface area contributed by atoms with E-state index in [2.05, 4.69) is 5.32 Å². The highest BCUT2D eigenvalue weighted by Gasteiger charge is 2.67. The Hall–Kier alpha value is -1.57. The molecule has 6 nitrogen and oxygen atoms in total. The van der Waals surface area contributed by atoms with Gasteiger partial charge in [0.1, 0.15) is 5.54 Å². The molecular weight excluding hydrogens is 388 g/mol. The summed E-state index contributed by atoms with van der Waals surface area (Å²) in [5.74, 6) is -1.83. The Morgan fingerprint density at radius 1 is 1.30 bits per heavy atom. The van der Waals surface area contributed by atoms with Gasteiger partial charge in [-0.05, 0) is 43.0 Å². The van der Waals surface area contributed by atoms with Gasteiger partial charge in [-0.25, -0.2) is 0 Å². The zero-order chi connectivity index (χ0) is 19.8. The second kappa shape index (κ2) is 7.81. The molecule has 0 aromatic heterocycles. The van der Waals surface area contributed by atoms with Crippen LogP contribution < -0.4 is 5.32 Å². The third kappa shape index (κ3) is 3.26. The fourth-order valence-electron chi connectivity index (χ4n) is 4.15. The van der Waals surface area contributed by atoms with Crippen molar-refractivity contribution in [2.24, 2.45) is 11.8 Å². The van der Waals surface area contributed by atoms with Crippen LogP contribution in [0.3, 0.4) is 0 Å². The Kier molecular flexibility index (Phi) is 5.84. The monoisotopic (exact) mass is 410 g/mol. The lowest BCUT2D eigenvalue weighted by atomic mass is 9.78. The number of likely N-dealkylation sites (tertiary alicyclic amines) is 1. The number of nitrogens with zero attached hydrogens (tertiary/aromatic N) is 1. The average Bonchev–Trinajstić information content (AvgIpc) is 3.11. The molecule has 2 aliphatic rings. The molecule has 1 aromatic rings. The molecule has 146 valence electrons. The summed E-state index contributed by atoms with van der Waals surface area (Å²) in [6.07, 6.45) is 2.35. The quantitative estimate of drug-likeness (QED) is 0.572. The van der Waals surface area contributed by atoms with E-state index in [4.69, 9.17) is 16.3 Å². The molecule has 8 heteroatoms. The Labute approximate surface area is 167 Å². The molecular formula is C19H23ClN2O4S. The van der Waals surface area contributed by atoms with Crippen LogP contribution in [-0.4, -0.2) is 53.9 Å². The summed E-state index contributed by atoms with van der Waals surface area (Å²) < 4.78 is 5.34. The normalized spacial score (nSPS) is 29.9. The molecule has 0 spiro atoms. The molecule has 2 heterocycles. The van der Waals surface area contributed by atoms with Crippen molar-refractivity contribution in [1.82, 2.24) is 10.2 Å². The summed E-state index contributed by atoms with van der Waals surface area (Å²) in [5, 5.41) is 3.93. The fourth-order valence-corrected chi connectivity index (χ4v) is 4.80. The van der Waals surface area contributed by atoms with Crippen molar-refractivity contribution in [1.29, 1.82) is 0 Å². The number of carbonyl (C=O) groups excluding carboxylic acids is 3. The smallest absolute Gasteiger partial charge is 0.327 e. The molecule has 4 atom stereocenters. The van der Waals surface area contributed by atoms with Crippen molar-refractivity contribution in [3.8, 4) is 0 Å². The highest BCUT2D eigenvalue weighted by molar-refractivity contribution is 7.98. The molecule has 3 rings (SSSR count). The Morgan fingerprint density at radius 2 is 1.96 bits per heavy atom. The lowest BCUT2D eigenvalue weighted by molar-refractivity contribution is -0.156. The van der Waals surface area contributed by atoms with Crippen LogP contribution in [0.25, 0.3) is 0 Å². The lowest BCUT2D eigenvalue weighted by Crippen LogP contribution is -2.56. The maximum Gasteiger partial charge on any atom is 0.327 e. The van der Waals surface area contributed by atoms with Crippen molar-refractivity contribution >= 4 is 41.1 Å². The number of halogens is 1. The van der Waals surface area contributed by atoms with Crippen LogP contribution in [0.4, 0.5) is 0 Å². The summed E-state index contributed by atoms with van der Waals surface area (Å²) in [6.45, 7) is 1.94. The van der Waals surface area contributed by atoms with Crippen LogP contribution in [0.1, 0.15) is 24.9 Å². The summed E-state index contributed by atoms with van der Waals surface area (Å²) in [6, 6.07) is 6.67. The first kappa shape index (κ1) is 20.2. The fraction of sp³-hybridized carbons (Fsp3) is 0.526. The number of hydrogen-bond acceptors (Lipinski definition) is 6. The van der Waals surface area contributed by atoms with Gasteiger partial charge in [-0.1, -0.05) is 23.7 Å². The average molecular weight is 411 g/mol. The summed E-state index contributed by atoms with van der Waals surface area (Å²) in [7, 11) is 1.48. The minimum atomic E-state index is -1.22. The molecule has 0 bridgehead atoms. The number of fused-ring (bicyclic) bond motifs is 1. The SMILES string of the molecule is CCOC(=O)[C@@]1(CCSC)N[C@@H](c2ccc(Cl)cc2)[C@H]2C(=O)N(C)C(=O)[C@H]21. The van der Waals surface area contributed by atoms with Gasteiger partial charge in [0.2, 0.25) is 11.8 Å². The number of benzene rings is 1. The Morgan fingerprint density at radius 3 is 2.56 bits per heavy atom. The van der Waals surface area contributed by atoms with E-state index in [0.29, 0.717) is 17.2 Å². The second-order valence-corrected chi connectivity index (χ2v) is 8.27. The number of hydrogen-bond donors (Lipinski definition) is 1. The number of rotatable bonds is 6. The molecule has 0 saturated carbocycles. The minimum absolute atomic E-state index is 0.211. The number of ether oxygens (including phenoxy) is 1. The zero-order valence-corrected chi connectivity index (χ0v) is 17.1. The molecule has 1 aromatic carbocycles. The van der Waals surface area contributed by atoms with Gasteiger partial charge in [0, 0.05) is 18.1 Å². The molecule has 1 N–H and O–H groups in total. The van der Waals surface area contributed by atoms with Crippen LogP contribution in [-0.2, 0) is 19.1 Å². The minimum Gasteiger partial charge on any atom is -0.465 e. The van der Waals surface area contributed by atoms with E-state index in [1.165, 1.54) is 7.05 Å². The predicted octanol–water partition coefficient (Wildman–Crippen LogP) is 2.27. The summed E-state index contributed by atoms with van der Waals surface area (Å²) >= 11 is 7.58. The first-order chi connectivity index (χ1) is 12.9. The van der Waals surface area contributed by atoms with Crippen LogP contribution in [0.15, 0.2) is 24.3 Å². The largest absolute Gasteiger partial charge is 0.465 e. The number of esters is 1. The number of nitrogens with one attached hydrogen (secondary N) is 1. The van der Waals surface area contributed by atoms with E-state index < -0.39 is 29.4 Å².